The number of nitrogens with two attached hydrogens (primary N) is 1. The van der Waals surface area contributed by atoms with E-state index in [4.69, 9.17) is 15.6 Å². The first kappa shape index (κ1) is 10.1. The highest BCUT2D eigenvalue weighted by Gasteiger charge is 2.15. The molecule has 1 aromatic rings. The molecule has 3 N–H and O–H groups in total. The fraction of sp³-hybridized carbons (Fsp3) is 0.455. The van der Waals surface area contributed by atoms with Gasteiger partial charge < -0.3 is 20.5 Å². The number of benzene rings is 1. The zero-order valence-corrected chi connectivity index (χ0v) is 8.65. The average molecular weight is 208 g/mol. The third kappa shape index (κ3) is 2.15. The fourth-order valence-electron chi connectivity index (χ4n) is 1.81. The summed E-state index contributed by atoms with van der Waals surface area (Å²) in [6, 6.07) is 5.62. The Morgan fingerprint density at radius 2 is 2.33 bits per heavy atom. The lowest BCUT2D eigenvalue weighted by Crippen LogP contribution is -2.27. The first-order valence-electron chi connectivity index (χ1n) is 5.19. The van der Waals surface area contributed by atoms with Gasteiger partial charge in [0.25, 0.3) is 0 Å². The molecule has 1 aliphatic heterocycles. The fourth-order valence-corrected chi connectivity index (χ4v) is 1.81. The summed E-state index contributed by atoms with van der Waals surface area (Å²) < 4.78 is 5.60. The van der Waals surface area contributed by atoms with Crippen LogP contribution in [0.1, 0.15) is 6.42 Å². The first-order valence-corrected chi connectivity index (χ1v) is 5.19. The second-order valence-corrected chi connectivity index (χ2v) is 3.64. The highest BCUT2D eigenvalue weighted by Crippen LogP contribution is 2.32. The number of aliphatic hydroxyl groups is 1. The summed E-state index contributed by atoms with van der Waals surface area (Å²) in [5.41, 5.74) is 7.46. The van der Waals surface area contributed by atoms with E-state index in [9.17, 15) is 0 Å². The number of β-amino-alcohol motifs (C(OH)–C–C–N with tert-alkyl or cyclic N) is 1. The molecule has 0 aliphatic carbocycles. The van der Waals surface area contributed by atoms with Crippen molar-refractivity contribution in [1.82, 2.24) is 0 Å². The molecule has 4 heteroatoms. The molecule has 82 valence electrons. The Labute approximate surface area is 89.3 Å². The molecule has 15 heavy (non-hydrogen) atoms. The van der Waals surface area contributed by atoms with Crippen LogP contribution in [0.15, 0.2) is 18.2 Å². The molecule has 0 atom stereocenters. The van der Waals surface area contributed by atoms with E-state index in [1.54, 1.807) is 0 Å². The molecule has 1 aliphatic rings. The van der Waals surface area contributed by atoms with E-state index in [1.807, 2.05) is 18.2 Å². The number of aliphatic hydroxyl groups excluding tert-OH is 1. The van der Waals surface area contributed by atoms with Crippen LogP contribution in [0.2, 0.25) is 0 Å². The lowest BCUT2D eigenvalue weighted by Gasteiger charge is -2.22. The predicted molar refractivity (Wildman–Crippen MR) is 60.3 cm³/mol. The summed E-state index contributed by atoms with van der Waals surface area (Å²) in [7, 11) is 0. The van der Waals surface area contributed by atoms with E-state index in [1.165, 1.54) is 0 Å². The second kappa shape index (κ2) is 4.40. The maximum Gasteiger partial charge on any atom is 0.142 e. The highest BCUT2D eigenvalue weighted by atomic mass is 16.5. The highest BCUT2D eigenvalue weighted by molar-refractivity contribution is 5.65. The lowest BCUT2D eigenvalue weighted by molar-refractivity contribution is 0.300. The molecule has 0 aromatic heterocycles. The van der Waals surface area contributed by atoms with Gasteiger partial charge in [-0.05, 0) is 24.6 Å². The molecule has 2 rings (SSSR count). The monoisotopic (exact) mass is 208 g/mol. The predicted octanol–water partition coefficient (Wildman–Crippen LogP) is 0.850. The van der Waals surface area contributed by atoms with Crippen molar-refractivity contribution in [3.8, 4) is 5.75 Å². The quantitative estimate of drug-likeness (QED) is 0.707. The van der Waals surface area contributed by atoms with Crippen molar-refractivity contribution in [2.75, 3.05) is 36.9 Å². The molecule has 0 fully saturated rings. The third-order valence-corrected chi connectivity index (χ3v) is 2.52. The van der Waals surface area contributed by atoms with Gasteiger partial charge in [0.1, 0.15) is 5.75 Å². The van der Waals surface area contributed by atoms with E-state index in [0.717, 1.165) is 36.7 Å². The van der Waals surface area contributed by atoms with Gasteiger partial charge in [0.15, 0.2) is 0 Å². The van der Waals surface area contributed by atoms with Crippen LogP contribution in [0, 0.1) is 0 Å². The number of anilines is 2. The Kier molecular flexibility index (Phi) is 2.97. The van der Waals surface area contributed by atoms with Crippen LogP contribution in [-0.4, -0.2) is 31.4 Å². The van der Waals surface area contributed by atoms with E-state index < -0.39 is 0 Å². The number of nitrogen functional groups attached to an aromatic ring is 1. The van der Waals surface area contributed by atoms with E-state index in [2.05, 4.69) is 4.90 Å². The number of ether oxygens (including phenoxy) is 1. The summed E-state index contributed by atoms with van der Waals surface area (Å²) in [6.07, 6.45) is 0.967. The van der Waals surface area contributed by atoms with Crippen LogP contribution in [0.4, 0.5) is 11.4 Å². The minimum Gasteiger partial charge on any atom is -0.491 e. The number of fused-ring (bicyclic) bond motifs is 1. The van der Waals surface area contributed by atoms with Gasteiger partial charge in [-0.1, -0.05) is 0 Å². The smallest absolute Gasteiger partial charge is 0.142 e. The van der Waals surface area contributed by atoms with Crippen LogP contribution in [-0.2, 0) is 0 Å². The zero-order chi connectivity index (χ0) is 10.7. The van der Waals surface area contributed by atoms with Gasteiger partial charge in [-0.25, -0.2) is 0 Å². The Balaban J connectivity index is 2.33. The number of hydrogen-bond donors (Lipinski definition) is 2. The minimum atomic E-state index is 0.147. The van der Waals surface area contributed by atoms with E-state index >= 15 is 0 Å². The standard InChI is InChI=1S/C11H16N2O2/c12-9-2-3-11-10(8-9)13(5-6-14)4-1-7-15-11/h2-3,8,14H,1,4-7,12H2. The Hall–Kier alpha value is -1.42. The molecule has 1 heterocycles. The van der Waals surface area contributed by atoms with Crippen LogP contribution >= 0.6 is 0 Å². The topological polar surface area (TPSA) is 58.7 Å². The molecule has 0 saturated heterocycles. The molecule has 1 aromatic carbocycles. The van der Waals surface area contributed by atoms with Crippen molar-refractivity contribution in [2.45, 2.75) is 6.42 Å². The molecule has 0 unspecified atom stereocenters. The van der Waals surface area contributed by atoms with Crippen LogP contribution < -0.4 is 15.4 Å². The molecule has 0 radical (unpaired) electrons. The first-order chi connectivity index (χ1) is 7.31. The second-order valence-electron chi connectivity index (χ2n) is 3.64. The molecule has 0 amide bonds. The molecule has 0 spiro atoms. The third-order valence-electron chi connectivity index (χ3n) is 2.52. The van der Waals surface area contributed by atoms with Crippen molar-refractivity contribution in [1.29, 1.82) is 0 Å². The molecular formula is C11H16N2O2. The summed E-state index contributed by atoms with van der Waals surface area (Å²) >= 11 is 0. The summed E-state index contributed by atoms with van der Waals surface area (Å²) in [5.74, 6) is 0.857. The van der Waals surface area contributed by atoms with E-state index in [0.29, 0.717) is 6.54 Å². The van der Waals surface area contributed by atoms with Crippen molar-refractivity contribution in [2.24, 2.45) is 0 Å². The average Bonchev–Trinajstić information content (AvgIpc) is 2.42. The van der Waals surface area contributed by atoms with Gasteiger partial charge in [0.2, 0.25) is 0 Å². The largest absolute Gasteiger partial charge is 0.491 e. The van der Waals surface area contributed by atoms with Crippen molar-refractivity contribution >= 4 is 11.4 Å². The van der Waals surface area contributed by atoms with Gasteiger partial charge in [-0.15, -0.1) is 0 Å². The maximum atomic E-state index is 8.99. The minimum absolute atomic E-state index is 0.147. The molecule has 4 nitrogen and oxygen atoms in total. The van der Waals surface area contributed by atoms with Gasteiger partial charge in [-0.3, -0.25) is 0 Å². The number of rotatable bonds is 2. The molecule has 0 saturated carbocycles. The van der Waals surface area contributed by atoms with Crippen LogP contribution in [0.3, 0.4) is 0 Å². The maximum absolute atomic E-state index is 8.99. The summed E-state index contributed by atoms with van der Waals surface area (Å²) in [6.45, 7) is 2.39. The van der Waals surface area contributed by atoms with E-state index in [-0.39, 0.29) is 6.61 Å². The van der Waals surface area contributed by atoms with Crippen LogP contribution in [0.5, 0.6) is 5.75 Å². The Morgan fingerprint density at radius 1 is 1.47 bits per heavy atom. The van der Waals surface area contributed by atoms with Crippen LogP contribution in [0.25, 0.3) is 0 Å². The van der Waals surface area contributed by atoms with Crippen molar-refractivity contribution in [3.05, 3.63) is 18.2 Å². The molecule has 0 bridgehead atoms. The van der Waals surface area contributed by atoms with Gasteiger partial charge >= 0.3 is 0 Å². The van der Waals surface area contributed by atoms with Crippen molar-refractivity contribution < 1.29 is 9.84 Å². The summed E-state index contributed by atoms with van der Waals surface area (Å²) in [5, 5.41) is 8.99. The zero-order valence-electron chi connectivity index (χ0n) is 8.65. The number of nitrogens with zero attached hydrogens (tertiary/aromatic N) is 1. The Morgan fingerprint density at radius 3 is 3.13 bits per heavy atom. The molecular weight excluding hydrogens is 192 g/mol. The summed E-state index contributed by atoms with van der Waals surface area (Å²) in [4.78, 5) is 2.11. The Bertz CT molecular complexity index is 341. The lowest BCUT2D eigenvalue weighted by atomic mass is 10.2. The SMILES string of the molecule is Nc1ccc2c(c1)N(CCO)CCCO2. The normalized spacial score (nSPS) is 15.4. The van der Waals surface area contributed by atoms with Gasteiger partial charge in [0.05, 0.1) is 18.9 Å². The van der Waals surface area contributed by atoms with Gasteiger partial charge in [-0.2, -0.15) is 0 Å². The number of hydrogen-bond acceptors (Lipinski definition) is 4. The van der Waals surface area contributed by atoms with Gasteiger partial charge in [0, 0.05) is 18.8 Å². The van der Waals surface area contributed by atoms with Crippen molar-refractivity contribution in [3.63, 3.8) is 0 Å².